The summed E-state index contributed by atoms with van der Waals surface area (Å²) in [6.45, 7) is 3.69. The second-order valence-corrected chi connectivity index (χ2v) is 6.38. The van der Waals surface area contributed by atoms with Gasteiger partial charge in [0.25, 0.3) is 0 Å². The summed E-state index contributed by atoms with van der Waals surface area (Å²) in [5, 5.41) is 3.33. The molecule has 0 radical (unpaired) electrons. The number of alkyl halides is 3. The van der Waals surface area contributed by atoms with Crippen molar-refractivity contribution in [1.29, 1.82) is 0 Å². The first-order valence-electron chi connectivity index (χ1n) is 8.20. The van der Waals surface area contributed by atoms with Crippen LogP contribution in [0.1, 0.15) is 36.4 Å². The maximum Gasteiger partial charge on any atom is 0.416 e. The topological polar surface area (TPSA) is 24.5 Å². The molecule has 1 aliphatic heterocycles. The van der Waals surface area contributed by atoms with Crippen LogP contribution >= 0.6 is 24.8 Å². The van der Waals surface area contributed by atoms with Gasteiger partial charge in [-0.2, -0.15) is 13.2 Å². The van der Waals surface area contributed by atoms with E-state index in [2.05, 4.69) is 10.2 Å². The third-order valence-electron chi connectivity index (χ3n) is 5.02. The Hall–Kier alpha value is -0.690. The lowest BCUT2D eigenvalue weighted by molar-refractivity contribution is -0.137. The van der Waals surface area contributed by atoms with Crippen LogP contribution in [0.4, 0.5) is 13.2 Å². The predicted octanol–water partition coefficient (Wildman–Crippen LogP) is 4.30. The first-order chi connectivity index (χ1) is 11.0. The van der Waals surface area contributed by atoms with E-state index in [-0.39, 0.29) is 30.9 Å². The Morgan fingerprint density at radius 1 is 1.16 bits per heavy atom. The van der Waals surface area contributed by atoms with Gasteiger partial charge in [-0.15, -0.1) is 24.8 Å². The van der Waals surface area contributed by atoms with Gasteiger partial charge in [0.15, 0.2) is 0 Å². The average Bonchev–Trinajstić information content (AvgIpc) is 2.50. The molecule has 3 rings (SSSR count). The van der Waals surface area contributed by atoms with Crippen LogP contribution in [-0.4, -0.2) is 38.2 Å². The number of halogens is 5. The number of ether oxygens (including phenoxy) is 1. The molecule has 0 bridgehead atoms. The minimum Gasteiger partial charge on any atom is -0.496 e. The second-order valence-electron chi connectivity index (χ2n) is 6.38. The minimum atomic E-state index is -4.34. The first-order valence-corrected chi connectivity index (χ1v) is 8.20. The third kappa shape index (κ3) is 4.94. The van der Waals surface area contributed by atoms with Crippen molar-refractivity contribution in [3.8, 4) is 5.75 Å². The standard InChI is InChI=1S/C17H23F3N2O.2ClH/c1-23-15-11-13(17(18,19)20)5-6-14(15)16(12-3-2-4-12)22-9-7-21-8-10-22;;/h5-6,11-12,16,21H,2-4,7-10H2,1H3;2*1H/t16-;;/m0../s1. The van der Waals surface area contributed by atoms with E-state index >= 15 is 0 Å². The highest BCUT2D eigenvalue weighted by atomic mass is 35.5. The number of nitrogens with zero attached hydrogens (tertiary/aromatic N) is 1. The molecule has 25 heavy (non-hydrogen) atoms. The molecule has 1 saturated carbocycles. The van der Waals surface area contributed by atoms with E-state index in [1.807, 2.05) is 0 Å². The Labute approximate surface area is 159 Å². The summed E-state index contributed by atoms with van der Waals surface area (Å²) in [4.78, 5) is 2.39. The summed E-state index contributed by atoms with van der Waals surface area (Å²) in [6.07, 6.45) is -0.861. The zero-order chi connectivity index (χ0) is 16.4. The number of methoxy groups -OCH3 is 1. The maximum atomic E-state index is 13.0. The Kier molecular flexibility index (Phi) is 8.32. The molecule has 1 aromatic carbocycles. The summed E-state index contributed by atoms with van der Waals surface area (Å²) >= 11 is 0. The zero-order valence-electron chi connectivity index (χ0n) is 14.1. The van der Waals surface area contributed by atoms with Gasteiger partial charge in [0.05, 0.1) is 12.7 Å². The minimum absolute atomic E-state index is 0. The van der Waals surface area contributed by atoms with E-state index in [4.69, 9.17) is 4.74 Å². The van der Waals surface area contributed by atoms with Gasteiger partial charge in [-0.1, -0.05) is 12.5 Å². The number of nitrogens with one attached hydrogen (secondary N) is 1. The number of hydrogen-bond acceptors (Lipinski definition) is 3. The summed E-state index contributed by atoms with van der Waals surface area (Å²) in [5.41, 5.74) is 0.248. The molecular formula is C17H25Cl2F3N2O. The van der Waals surface area contributed by atoms with Crippen LogP contribution < -0.4 is 10.1 Å². The summed E-state index contributed by atoms with van der Waals surface area (Å²) < 4.78 is 44.2. The van der Waals surface area contributed by atoms with E-state index in [1.54, 1.807) is 6.07 Å². The highest BCUT2D eigenvalue weighted by Gasteiger charge is 2.37. The molecule has 0 aromatic heterocycles. The Balaban J connectivity index is 0.00000156. The van der Waals surface area contributed by atoms with Crippen molar-refractivity contribution >= 4 is 24.8 Å². The van der Waals surface area contributed by atoms with Crippen LogP contribution in [0.25, 0.3) is 0 Å². The average molecular weight is 401 g/mol. The Morgan fingerprint density at radius 3 is 2.28 bits per heavy atom. The van der Waals surface area contributed by atoms with Gasteiger partial charge >= 0.3 is 6.18 Å². The fourth-order valence-corrected chi connectivity index (χ4v) is 3.60. The molecule has 1 N–H and O–H groups in total. The fourth-order valence-electron chi connectivity index (χ4n) is 3.60. The van der Waals surface area contributed by atoms with E-state index in [9.17, 15) is 13.2 Å². The SMILES string of the molecule is COc1cc(C(F)(F)F)ccc1[C@H](C1CCC1)N1CCNCC1.Cl.Cl. The van der Waals surface area contributed by atoms with Crippen LogP contribution in [0.3, 0.4) is 0 Å². The number of hydrogen-bond donors (Lipinski definition) is 1. The molecule has 0 unspecified atom stereocenters. The molecule has 144 valence electrons. The molecule has 1 atom stereocenters. The molecule has 2 aliphatic rings. The molecule has 1 aromatic rings. The molecular weight excluding hydrogens is 376 g/mol. The number of piperazine rings is 1. The summed E-state index contributed by atoms with van der Waals surface area (Å²) in [7, 11) is 1.45. The van der Waals surface area contributed by atoms with Crippen LogP contribution in [0, 0.1) is 5.92 Å². The first kappa shape index (κ1) is 22.4. The number of benzene rings is 1. The summed E-state index contributed by atoms with van der Waals surface area (Å²) in [5.74, 6) is 0.869. The van der Waals surface area contributed by atoms with Crippen molar-refractivity contribution in [2.24, 2.45) is 5.92 Å². The van der Waals surface area contributed by atoms with Gasteiger partial charge in [-0.05, 0) is 30.9 Å². The van der Waals surface area contributed by atoms with Crippen molar-refractivity contribution in [2.45, 2.75) is 31.5 Å². The van der Waals surface area contributed by atoms with Gasteiger partial charge in [-0.3, -0.25) is 4.90 Å². The van der Waals surface area contributed by atoms with Crippen molar-refractivity contribution in [3.63, 3.8) is 0 Å². The normalized spacial score (nSPS) is 20.0. The van der Waals surface area contributed by atoms with E-state index in [0.717, 1.165) is 50.7 Å². The quantitative estimate of drug-likeness (QED) is 0.814. The third-order valence-corrected chi connectivity index (χ3v) is 5.02. The van der Waals surface area contributed by atoms with Crippen LogP contribution in [0.2, 0.25) is 0 Å². The van der Waals surface area contributed by atoms with Gasteiger partial charge in [0.1, 0.15) is 5.75 Å². The van der Waals surface area contributed by atoms with Gasteiger partial charge in [0, 0.05) is 37.8 Å². The van der Waals surface area contributed by atoms with Gasteiger partial charge in [-0.25, -0.2) is 0 Å². The lowest BCUT2D eigenvalue weighted by Crippen LogP contribution is -2.47. The second kappa shape index (κ2) is 9.31. The highest BCUT2D eigenvalue weighted by molar-refractivity contribution is 5.85. The lowest BCUT2D eigenvalue weighted by atomic mass is 9.76. The molecule has 3 nitrogen and oxygen atoms in total. The Bertz CT molecular complexity index is 547. The van der Waals surface area contributed by atoms with Crippen LogP contribution in [-0.2, 0) is 6.18 Å². The van der Waals surface area contributed by atoms with Crippen molar-refractivity contribution in [1.82, 2.24) is 10.2 Å². The van der Waals surface area contributed by atoms with E-state index in [0.29, 0.717) is 11.7 Å². The molecule has 0 amide bonds. The van der Waals surface area contributed by atoms with Crippen LogP contribution in [0.15, 0.2) is 18.2 Å². The monoisotopic (exact) mass is 400 g/mol. The van der Waals surface area contributed by atoms with E-state index < -0.39 is 11.7 Å². The van der Waals surface area contributed by atoms with Crippen molar-refractivity contribution in [2.75, 3.05) is 33.3 Å². The smallest absolute Gasteiger partial charge is 0.416 e. The van der Waals surface area contributed by atoms with Gasteiger partial charge in [0.2, 0.25) is 0 Å². The Morgan fingerprint density at radius 2 is 1.80 bits per heavy atom. The fraction of sp³-hybridized carbons (Fsp3) is 0.647. The molecule has 2 fully saturated rings. The van der Waals surface area contributed by atoms with Crippen molar-refractivity contribution < 1.29 is 17.9 Å². The van der Waals surface area contributed by atoms with Crippen molar-refractivity contribution in [3.05, 3.63) is 29.3 Å². The molecule has 1 heterocycles. The largest absolute Gasteiger partial charge is 0.496 e. The van der Waals surface area contributed by atoms with E-state index in [1.165, 1.54) is 19.6 Å². The van der Waals surface area contributed by atoms with Crippen LogP contribution in [0.5, 0.6) is 5.75 Å². The lowest BCUT2D eigenvalue weighted by Gasteiger charge is -2.43. The zero-order valence-corrected chi connectivity index (χ0v) is 15.8. The molecule has 0 spiro atoms. The maximum absolute atomic E-state index is 13.0. The molecule has 1 saturated heterocycles. The molecule has 1 aliphatic carbocycles. The number of rotatable bonds is 4. The molecule has 8 heteroatoms. The summed E-state index contributed by atoms with van der Waals surface area (Å²) in [6, 6.07) is 4.10. The predicted molar refractivity (Wildman–Crippen MR) is 97.0 cm³/mol. The highest BCUT2D eigenvalue weighted by Crippen LogP contribution is 2.45. The van der Waals surface area contributed by atoms with Gasteiger partial charge < -0.3 is 10.1 Å².